The van der Waals surface area contributed by atoms with Gasteiger partial charge in [0.1, 0.15) is 0 Å². The van der Waals surface area contributed by atoms with Crippen molar-refractivity contribution in [2.45, 2.75) is 119 Å². The third kappa shape index (κ3) is 18.2. The van der Waals surface area contributed by atoms with Crippen LogP contribution in [0.25, 0.3) is 0 Å². The third-order valence-electron chi connectivity index (χ3n) is 5.50. The Bertz CT molecular complexity index is 253. The minimum absolute atomic E-state index is 0.425. The molecule has 1 unspecified atom stereocenters. The molecule has 0 bridgehead atoms. The second-order valence-corrected chi connectivity index (χ2v) is 16.4. The molecule has 0 radical (unpaired) electrons. The molecule has 0 rings (SSSR count). The second-order valence-electron chi connectivity index (χ2n) is 9.95. The van der Waals surface area contributed by atoms with Crippen molar-refractivity contribution in [1.29, 1.82) is 0 Å². The van der Waals surface area contributed by atoms with Gasteiger partial charge in [0, 0.05) is 0 Å². The predicted octanol–water partition coefficient (Wildman–Crippen LogP) is 9.23. The summed E-state index contributed by atoms with van der Waals surface area (Å²) in [5.41, 5.74) is 0. The first-order valence-corrected chi connectivity index (χ1v) is 15.4. The van der Waals surface area contributed by atoms with Crippen LogP contribution in [-0.2, 0) is 0 Å². The molecule has 0 amide bonds. The summed E-state index contributed by atoms with van der Waals surface area (Å²) in [6.07, 6.45) is 17.4. The van der Waals surface area contributed by atoms with Crippen LogP contribution in [0, 0.1) is 17.8 Å². The lowest BCUT2D eigenvalue weighted by Gasteiger charge is -2.36. The fourth-order valence-electron chi connectivity index (χ4n) is 3.66. The Kier molecular flexibility index (Phi) is 17.2. The lowest BCUT2D eigenvalue weighted by atomic mass is 10.1. The minimum atomic E-state index is -0.425. The molecule has 0 aliphatic rings. The fraction of sp³-hybridized carbons (Fsp3) is 1.00. The van der Waals surface area contributed by atoms with Gasteiger partial charge in [-0.3, -0.25) is 0 Å². The molecule has 0 aromatic heterocycles. The van der Waals surface area contributed by atoms with Gasteiger partial charge in [0.05, 0.1) is 0 Å². The Labute approximate surface area is 171 Å². The highest BCUT2D eigenvalue weighted by molar-refractivity contribution is 8.68. The molecule has 26 heavy (non-hydrogen) atoms. The average molecular weight is 405 g/mol. The van der Waals surface area contributed by atoms with Crippen molar-refractivity contribution >= 4 is 18.1 Å². The van der Waals surface area contributed by atoms with E-state index in [9.17, 15) is 0 Å². The van der Waals surface area contributed by atoms with Gasteiger partial charge in [0.15, 0.2) is 0 Å². The van der Waals surface area contributed by atoms with Gasteiger partial charge in [0.2, 0.25) is 0 Å². The van der Waals surface area contributed by atoms with Gasteiger partial charge in [-0.1, -0.05) is 108 Å². The van der Waals surface area contributed by atoms with Gasteiger partial charge in [-0.05, 0) is 54.3 Å². The molecular weight excluding hydrogens is 351 g/mol. The van der Waals surface area contributed by atoms with Crippen LogP contribution in [0.1, 0.15) is 119 Å². The summed E-state index contributed by atoms with van der Waals surface area (Å²) in [4.78, 5) is 0. The van der Waals surface area contributed by atoms with E-state index in [0.717, 1.165) is 17.8 Å². The third-order valence-corrected chi connectivity index (χ3v) is 10.9. The highest BCUT2D eigenvalue weighted by atomic mass is 32.8. The highest BCUT2D eigenvalue weighted by Crippen LogP contribution is 2.58. The van der Waals surface area contributed by atoms with E-state index in [1.165, 1.54) is 94.3 Å². The first-order valence-electron chi connectivity index (χ1n) is 11.8. The standard InChI is InChI=1S/C24H53PS/c1-22(2)16-10-7-13-19-26(25,20-14-8-11-17-23(3)4)21-15-9-12-18-24(5)6/h22-24H,7-21,25H2,1-6H3. The van der Waals surface area contributed by atoms with Crippen molar-refractivity contribution in [3.63, 3.8) is 0 Å². The van der Waals surface area contributed by atoms with Crippen LogP contribution in [0.3, 0.4) is 0 Å². The van der Waals surface area contributed by atoms with Gasteiger partial charge in [-0.15, -0.1) is 0 Å². The zero-order valence-electron chi connectivity index (χ0n) is 19.3. The monoisotopic (exact) mass is 404 g/mol. The van der Waals surface area contributed by atoms with Crippen molar-refractivity contribution in [2.75, 3.05) is 17.3 Å². The first kappa shape index (κ1) is 26.8. The maximum Gasteiger partial charge on any atom is -0.0197 e. The van der Waals surface area contributed by atoms with E-state index >= 15 is 0 Å². The van der Waals surface area contributed by atoms with E-state index in [1.807, 2.05) is 0 Å². The average Bonchev–Trinajstić information content (AvgIpc) is 2.53. The van der Waals surface area contributed by atoms with Crippen LogP contribution in [0.5, 0.6) is 0 Å². The van der Waals surface area contributed by atoms with Gasteiger partial charge >= 0.3 is 0 Å². The quantitative estimate of drug-likeness (QED) is 0.158. The molecule has 160 valence electrons. The van der Waals surface area contributed by atoms with Crippen molar-refractivity contribution in [1.82, 2.24) is 0 Å². The zero-order chi connectivity index (χ0) is 19.8. The van der Waals surface area contributed by atoms with Crippen LogP contribution in [0.15, 0.2) is 0 Å². The van der Waals surface area contributed by atoms with Crippen molar-refractivity contribution in [2.24, 2.45) is 17.8 Å². The zero-order valence-corrected chi connectivity index (χ0v) is 21.3. The Morgan fingerprint density at radius 1 is 0.462 bits per heavy atom. The van der Waals surface area contributed by atoms with Gasteiger partial charge in [-0.2, -0.15) is 0 Å². The Morgan fingerprint density at radius 3 is 0.962 bits per heavy atom. The van der Waals surface area contributed by atoms with E-state index in [-0.39, 0.29) is 0 Å². The summed E-state index contributed by atoms with van der Waals surface area (Å²) < 4.78 is 0. The molecule has 0 saturated carbocycles. The Hall–Kier alpha value is 0.780. The van der Waals surface area contributed by atoms with E-state index < -0.39 is 9.65 Å². The van der Waals surface area contributed by atoms with Crippen molar-refractivity contribution in [3.8, 4) is 0 Å². The maximum absolute atomic E-state index is 3.41. The summed E-state index contributed by atoms with van der Waals surface area (Å²) in [6.45, 7) is 14.2. The molecule has 0 heterocycles. The summed E-state index contributed by atoms with van der Waals surface area (Å²) in [6, 6.07) is 0. The molecule has 0 spiro atoms. The topological polar surface area (TPSA) is 0 Å². The fourth-order valence-corrected chi connectivity index (χ4v) is 8.11. The van der Waals surface area contributed by atoms with Crippen LogP contribution < -0.4 is 0 Å². The molecule has 0 aromatic rings. The number of hydrogen-bond donors (Lipinski definition) is 0. The molecule has 0 N–H and O–H groups in total. The van der Waals surface area contributed by atoms with E-state index in [4.69, 9.17) is 0 Å². The van der Waals surface area contributed by atoms with E-state index in [0.29, 0.717) is 0 Å². The molecule has 0 fully saturated rings. The van der Waals surface area contributed by atoms with Crippen molar-refractivity contribution in [3.05, 3.63) is 0 Å². The number of hydrogen-bond acceptors (Lipinski definition) is 0. The van der Waals surface area contributed by atoms with Crippen LogP contribution in [0.4, 0.5) is 0 Å². The minimum Gasteiger partial charge on any atom is -0.226 e. The lowest BCUT2D eigenvalue weighted by molar-refractivity contribution is 0.532. The molecule has 1 atom stereocenters. The van der Waals surface area contributed by atoms with Gasteiger partial charge in [-0.25, -0.2) is 9.65 Å². The van der Waals surface area contributed by atoms with E-state index in [2.05, 4.69) is 50.0 Å². The van der Waals surface area contributed by atoms with Crippen LogP contribution in [0.2, 0.25) is 0 Å². The maximum atomic E-state index is 3.41. The second kappa shape index (κ2) is 16.7. The molecule has 2 heteroatoms. The molecule has 0 aliphatic carbocycles. The highest BCUT2D eigenvalue weighted by Gasteiger charge is 2.17. The molecular formula is C24H53PS. The predicted molar refractivity (Wildman–Crippen MR) is 132 cm³/mol. The summed E-state index contributed by atoms with van der Waals surface area (Å²) >= 11 is 0. The normalized spacial score (nSPS) is 13.3. The van der Waals surface area contributed by atoms with Gasteiger partial charge in [0.25, 0.3) is 0 Å². The van der Waals surface area contributed by atoms with Crippen LogP contribution in [-0.4, -0.2) is 17.3 Å². The lowest BCUT2D eigenvalue weighted by Crippen LogP contribution is -2.08. The largest absolute Gasteiger partial charge is 0.226 e. The molecule has 0 nitrogen and oxygen atoms in total. The van der Waals surface area contributed by atoms with Crippen molar-refractivity contribution < 1.29 is 0 Å². The Morgan fingerprint density at radius 2 is 0.731 bits per heavy atom. The number of unbranched alkanes of at least 4 members (excludes halogenated alkanes) is 6. The van der Waals surface area contributed by atoms with Gasteiger partial charge < -0.3 is 0 Å². The van der Waals surface area contributed by atoms with E-state index in [1.54, 1.807) is 0 Å². The summed E-state index contributed by atoms with van der Waals surface area (Å²) in [7, 11) is 2.99. The first-order chi connectivity index (χ1) is 12.2. The number of rotatable bonds is 18. The molecule has 0 saturated heterocycles. The smallest absolute Gasteiger partial charge is 0.0197 e. The molecule has 0 aromatic carbocycles. The SMILES string of the molecule is CC(C)CCCCCS(P)(CCCCCC(C)C)CCCCCC(C)C. The summed E-state index contributed by atoms with van der Waals surface area (Å²) in [5.74, 6) is 7.19. The summed E-state index contributed by atoms with van der Waals surface area (Å²) in [5, 5.41) is 0. The van der Waals surface area contributed by atoms with Crippen LogP contribution >= 0.6 is 18.1 Å². The Balaban J connectivity index is 4.14. The molecule has 0 aliphatic heterocycles.